The minimum atomic E-state index is -3.18. The molecule has 180 valence electrons. The summed E-state index contributed by atoms with van der Waals surface area (Å²) in [6.45, 7) is 3.42. The van der Waals surface area contributed by atoms with Crippen LogP contribution in [-0.4, -0.2) is 97.1 Å². The second-order valence-electron chi connectivity index (χ2n) is 9.81. The van der Waals surface area contributed by atoms with Crippen LogP contribution in [0, 0.1) is 12.3 Å². The molecule has 33 heavy (non-hydrogen) atoms. The molecule has 5 rings (SSSR count). The maximum atomic E-state index is 14.6. The van der Waals surface area contributed by atoms with Crippen LogP contribution in [0.5, 0.6) is 0 Å². The molecule has 0 atom stereocenters. The number of rotatable bonds is 4. The molecule has 2 aromatic heterocycles. The SMILES string of the molecule is Cc1cc2cnc(NC3CCN(S(C)(=O)=O)CC3)nc2c(N2CC3(CN(C)CC3(F)F)C2)n1. The Morgan fingerprint density at radius 2 is 1.82 bits per heavy atom. The predicted molar refractivity (Wildman–Crippen MR) is 122 cm³/mol. The van der Waals surface area contributed by atoms with Crippen molar-refractivity contribution in [1.82, 2.24) is 24.2 Å². The van der Waals surface area contributed by atoms with Crippen molar-refractivity contribution < 1.29 is 17.2 Å². The molecule has 0 amide bonds. The number of nitrogens with one attached hydrogen (secondary N) is 1. The maximum Gasteiger partial charge on any atom is 0.270 e. The number of sulfonamides is 1. The summed E-state index contributed by atoms with van der Waals surface area (Å²) in [6, 6.07) is 1.95. The first-order chi connectivity index (χ1) is 15.5. The van der Waals surface area contributed by atoms with Gasteiger partial charge in [-0.3, -0.25) is 4.90 Å². The summed E-state index contributed by atoms with van der Waals surface area (Å²) in [5.41, 5.74) is 0.378. The quantitative estimate of drug-likeness (QED) is 0.703. The Hall–Kier alpha value is -2.18. The molecule has 0 unspecified atom stereocenters. The van der Waals surface area contributed by atoms with Gasteiger partial charge in [0.2, 0.25) is 16.0 Å². The number of aromatic nitrogens is 3. The van der Waals surface area contributed by atoms with Crippen LogP contribution in [-0.2, 0) is 10.0 Å². The van der Waals surface area contributed by atoms with E-state index < -0.39 is 21.4 Å². The molecular formula is C21H29F2N7O2S. The Morgan fingerprint density at radius 3 is 2.42 bits per heavy atom. The van der Waals surface area contributed by atoms with Gasteiger partial charge in [0.25, 0.3) is 5.92 Å². The van der Waals surface area contributed by atoms with Gasteiger partial charge in [-0.15, -0.1) is 0 Å². The van der Waals surface area contributed by atoms with Gasteiger partial charge >= 0.3 is 0 Å². The van der Waals surface area contributed by atoms with E-state index in [9.17, 15) is 17.2 Å². The molecule has 0 aliphatic carbocycles. The summed E-state index contributed by atoms with van der Waals surface area (Å²) in [4.78, 5) is 17.4. The zero-order valence-electron chi connectivity index (χ0n) is 19.1. The fourth-order valence-electron chi connectivity index (χ4n) is 5.32. The second-order valence-corrected chi connectivity index (χ2v) is 11.8. The molecule has 0 radical (unpaired) electrons. The van der Waals surface area contributed by atoms with Crippen LogP contribution < -0.4 is 10.2 Å². The van der Waals surface area contributed by atoms with Crippen molar-refractivity contribution in [2.75, 3.05) is 62.8 Å². The van der Waals surface area contributed by atoms with Crippen LogP contribution in [0.15, 0.2) is 12.3 Å². The molecule has 3 fully saturated rings. The highest BCUT2D eigenvalue weighted by Crippen LogP contribution is 2.50. The molecule has 0 saturated carbocycles. The third-order valence-corrected chi connectivity index (χ3v) is 8.34. The summed E-state index contributed by atoms with van der Waals surface area (Å²) in [5.74, 6) is -1.67. The molecule has 1 N–H and O–H groups in total. The van der Waals surface area contributed by atoms with Crippen LogP contribution in [0.25, 0.3) is 10.9 Å². The molecular weight excluding hydrogens is 452 g/mol. The number of nitrogens with zero attached hydrogens (tertiary/aromatic N) is 6. The van der Waals surface area contributed by atoms with Gasteiger partial charge in [-0.1, -0.05) is 0 Å². The van der Waals surface area contributed by atoms with E-state index in [2.05, 4.69) is 15.3 Å². The zero-order chi connectivity index (χ0) is 23.6. The van der Waals surface area contributed by atoms with Gasteiger partial charge in [-0.05, 0) is 32.9 Å². The largest absolute Gasteiger partial charge is 0.353 e. The zero-order valence-corrected chi connectivity index (χ0v) is 19.9. The van der Waals surface area contributed by atoms with Gasteiger partial charge in [0, 0.05) is 56.0 Å². The van der Waals surface area contributed by atoms with E-state index >= 15 is 0 Å². The normalized spacial score (nSPS) is 23.8. The first kappa shape index (κ1) is 22.6. The lowest BCUT2D eigenvalue weighted by Gasteiger charge is -2.51. The minimum absolute atomic E-state index is 0.0577. The smallest absolute Gasteiger partial charge is 0.270 e. The van der Waals surface area contributed by atoms with E-state index in [0.717, 1.165) is 11.1 Å². The van der Waals surface area contributed by atoms with Gasteiger partial charge in [-0.25, -0.2) is 36.5 Å². The first-order valence-electron chi connectivity index (χ1n) is 11.1. The van der Waals surface area contributed by atoms with E-state index in [1.807, 2.05) is 17.9 Å². The van der Waals surface area contributed by atoms with E-state index in [0.29, 0.717) is 49.8 Å². The molecule has 5 heterocycles. The highest BCUT2D eigenvalue weighted by Gasteiger charge is 2.65. The Balaban J connectivity index is 1.36. The van der Waals surface area contributed by atoms with Crippen molar-refractivity contribution in [3.63, 3.8) is 0 Å². The maximum absolute atomic E-state index is 14.6. The third-order valence-electron chi connectivity index (χ3n) is 7.04. The van der Waals surface area contributed by atoms with Crippen LogP contribution in [0.4, 0.5) is 20.5 Å². The summed E-state index contributed by atoms with van der Waals surface area (Å²) >= 11 is 0. The molecule has 0 bridgehead atoms. The summed E-state index contributed by atoms with van der Waals surface area (Å²) in [5, 5.41) is 4.12. The molecule has 3 saturated heterocycles. The number of alkyl halides is 2. The van der Waals surface area contributed by atoms with Gasteiger partial charge < -0.3 is 10.2 Å². The standard InChI is InChI=1S/C21H29F2N7O2S/c1-14-8-15-9-24-19(26-16-4-6-30(7-5-16)33(3,31)32)27-17(15)18(25-14)29-11-20(12-29)10-28(2)13-21(20,22)23/h8-9,16H,4-7,10-13H2,1-3H3,(H,24,26,27). The highest BCUT2D eigenvalue weighted by molar-refractivity contribution is 7.88. The summed E-state index contributed by atoms with van der Waals surface area (Å²) < 4.78 is 54.2. The molecule has 12 heteroatoms. The average molecular weight is 482 g/mol. The molecule has 2 aromatic rings. The molecule has 0 aromatic carbocycles. The van der Waals surface area contributed by atoms with E-state index in [1.165, 1.54) is 10.6 Å². The van der Waals surface area contributed by atoms with Gasteiger partial charge in [0.05, 0.1) is 18.2 Å². The van der Waals surface area contributed by atoms with Crippen LogP contribution in [0.3, 0.4) is 0 Å². The minimum Gasteiger partial charge on any atom is -0.353 e. The van der Waals surface area contributed by atoms with Crippen molar-refractivity contribution in [2.24, 2.45) is 5.41 Å². The van der Waals surface area contributed by atoms with Gasteiger partial charge in [0.1, 0.15) is 5.52 Å². The summed E-state index contributed by atoms with van der Waals surface area (Å²) in [6.07, 6.45) is 4.26. The van der Waals surface area contributed by atoms with Gasteiger partial charge in [-0.2, -0.15) is 0 Å². The van der Waals surface area contributed by atoms with Crippen LogP contribution >= 0.6 is 0 Å². The molecule has 1 spiro atoms. The number of likely N-dealkylation sites (tertiary alicyclic amines) is 1. The Morgan fingerprint density at radius 1 is 1.12 bits per heavy atom. The molecule has 9 nitrogen and oxygen atoms in total. The lowest BCUT2D eigenvalue weighted by atomic mass is 9.76. The lowest BCUT2D eigenvalue weighted by molar-refractivity contribution is -0.0970. The lowest BCUT2D eigenvalue weighted by Crippen LogP contribution is -2.65. The number of aryl methyl sites for hydroxylation is 1. The molecule has 3 aliphatic rings. The number of piperidine rings is 1. The number of hydrogen-bond donors (Lipinski definition) is 1. The fraction of sp³-hybridized carbons (Fsp3) is 0.667. The van der Waals surface area contributed by atoms with Crippen LogP contribution in [0.1, 0.15) is 18.5 Å². The third kappa shape index (κ3) is 4.01. The van der Waals surface area contributed by atoms with Crippen molar-refractivity contribution in [1.29, 1.82) is 0 Å². The fourth-order valence-corrected chi connectivity index (χ4v) is 6.19. The predicted octanol–water partition coefficient (Wildman–Crippen LogP) is 1.56. The van der Waals surface area contributed by atoms with Gasteiger partial charge in [0.15, 0.2) is 5.82 Å². The highest BCUT2D eigenvalue weighted by atomic mass is 32.2. The van der Waals surface area contributed by atoms with Crippen molar-refractivity contribution >= 4 is 32.7 Å². The van der Waals surface area contributed by atoms with E-state index in [4.69, 9.17) is 4.98 Å². The Kier molecular flexibility index (Phi) is 5.25. The van der Waals surface area contributed by atoms with Crippen molar-refractivity contribution in [3.8, 4) is 0 Å². The number of hydrogen-bond acceptors (Lipinski definition) is 8. The van der Waals surface area contributed by atoms with E-state index in [1.54, 1.807) is 18.1 Å². The number of pyridine rings is 1. The summed E-state index contributed by atoms with van der Waals surface area (Å²) in [7, 11) is -1.45. The monoisotopic (exact) mass is 481 g/mol. The molecule has 3 aliphatic heterocycles. The van der Waals surface area contributed by atoms with E-state index in [-0.39, 0.29) is 25.7 Å². The van der Waals surface area contributed by atoms with Crippen molar-refractivity contribution in [2.45, 2.75) is 31.7 Å². The number of anilines is 2. The Bertz CT molecular complexity index is 1180. The number of fused-ring (bicyclic) bond motifs is 1. The Labute approximate surface area is 192 Å². The second kappa shape index (κ2) is 7.67. The first-order valence-corrected chi connectivity index (χ1v) is 13.0. The topological polar surface area (TPSA) is 94.6 Å². The number of halogens is 2. The van der Waals surface area contributed by atoms with Crippen molar-refractivity contribution in [3.05, 3.63) is 18.0 Å². The average Bonchev–Trinajstić information content (AvgIpc) is 2.94. The van der Waals surface area contributed by atoms with Crippen LogP contribution in [0.2, 0.25) is 0 Å².